The molecule has 1 aliphatic carbocycles. The molecule has 0 spiro atoms. The highest BCUT2D eigenvalue weighted by atomic mass is 16.3. The minimum absolute atomic E-state index is 0.0796. The molecule has 0 unspecified atom stereocenters. The predicted molar refractivity (Wildman–Crippen MR) is 60.8 cm³/mol. The summed E-state index contributed by atoms with van der Waals surface area (Å²) in [6, 6.07) is 0. The third kappa shape index (κ3) is 3.42. The highest BCUT2D eigenvalue weighted by Crippen LogP contribution is 2.28. The van der Waals surface area contributed by atoms with Gasteiger partial charge in [-0.2, -0.15) is 0 Å². The molecule has 0 aliphatic heterocycles. The number of rotatable bonds is 2. The molecule has 4 heteroatoms. The summed E-state index contributed by atoms with van der Waals surface area (Å²) in [6.07, 6.45) is 2.78. The van der Waals surface area contributed by atoms with Crippen molar-refractivity contribution in [2.24, 2.45) is 0 Å². The monoisotopic (exact) mass is 228 g/mol. The highest BCUT2D eigenvalue weighted by Gasteiger charge is 2.36. The van der Waals surface area contributed by atoms with Crippen LogP contribution in [0, 0.1) is 0 Å². The van der Waals surface area contributed by atoms with Crippen molar-refractivity contribution in [3.8, 4) is 0 Å². The molecule has 0 bridgehead atoms. The summed E-state index contributed by atoms with van der Waals surface area (Å²) in [5, 5.41) is 38.6. The Hall–Kier alpha value is -0.680. The third-order valence-electron chi connectivity index (χ3n) is 2.66. The number of hydrogen-bond acceptors (Lipinski definition) is 4. The molecule has 1 rings (SSSR count). The second-order valence-corrected chi connectivity index (χ2v) is 5.18. The van der Waals surface area contributed by atoms with Crippen LogP contribution in [0.15, 0.2) is 23.8 Å². The van der Waals surface area contributed by atoms with Crippen molar-refractivity contribution in [3.05, 3.63) is 23.8 Å². The second kappa shape index (κ2) is 4.30. The summed E-state index contributed by atoms with van der Waals surface area (Å²) < 4.78 is 0. The summed E-state index contributed by atoms with van der Waals surface area (Å²) in [5.41, 5.74) is -1.75. The zero-order valence-electron chi connectivity index (χ0n) is 9.88. The van der Waals surface area contributed by atoms with Crippen molar-refractivity contribution in [2.75, 3.05) is 0 Å². The van der Waals surface area contributed by atoms with Crippen molar-refractivity contribution in [2.45, 2.75) is 50.6 Å². The normalized spacial score (nSPS) is 36.6. The van der Waals surface area contributed by atoms with Crippen molar-refractivity contribution in [1.82, 2.24) is 0 Å². The van der Waals surface area contributed by atoms with Crippen LogP contribution in [0.4, 0.5) is 0 Å². The molecule has 4 N–H and O–H groups in total. The van der Waals surface area contributed by atoms with Crippen LogP contribution in [0.3, 0.4) is 0 Å². The fourth-order valence-electron chi connectivity index (χ4n) is 1.57. The number of aliphatic hydroxyl groups is 4. The lowest BCUT2D eigenvalue weighted by Gasteiger charge is -2.34. The van der Waals surface area contributed by atoms with E-state index in [0.717, 1.165) is 0 Å². The minimum atomic E-state index is -1.30. The van der Waals surface area contributed by atoms with E-state index in [1.807, 2.05) is 0 Å². The topological polar surface area (TPSA) is 80.9 Å². The predicted octanol–water partition coefficient (Wildman–Crippen LogP) is 0.116. The minimum Gasteiger partial charge on any atom is -0.388 e. The Balaban J connectivity index is 2.87. The summed E-state index contributed by atoms with van der Waals surface area (Å²) in [4.78, 5) is 0. The van der Waals surface area contributed by atoms with E-state index in [4.69, 9.17) is 0 Å². The first-order valence-corrected chi connectivity index (χ1v) is 5.34. The van der Waals surface area contributed by atoms with E-state index in [1.165, 1.54) is 19.1 Å². The third-order valence-corrected chi connectivity index (χ3v) is 2.66. The first kappa shape index (κ1) is 13.4. The maximum atomic E-state index is 9.75. The summed E-state index contributed by atoms with van der Waals surface area (Å²) >= 11 is 0. The van der Waals surface area contributed by atoms with Crippen LogP contribution in [0.2, 0.25) is 0 Å². The van der Waals surface area contributed by atoms with Gasteiger partial charge in [0.15, 0.2) is 0 Å². The maximum absolute atomic E-state index is 9.75. The second-order valence-electron chi connectivity index (χ2n) is 5.18. The van der Waals surface area contributed by atoms with Crippen LogP contribution >= 0.6 is 0 Å². The zero-order valence-corrected chi connectivity index (χ0v) is 9.88. The maximum Gasteiger partial charge on any atom is 0.101 e. The van der Waals surface area contributed by atoms with E-state index < -0.39 is 23.4 Å². The Kier molecular flexibility index (Phi) is 3.59. The Bertz CT molecular complexity index is 309. The van der Waals surface area contributed by atoms with Gasteiger partial charge in [-0.25, -0.2) is 0 Å². The molecular weight excluding hydrogens is 208 g/mol. The molecule has 0 saturated heterocycles. The lowest BCUT2D eigenvalue weighted by molar-refractivity contribution is -0.0706. The van der Waals surface area contributed by atoms with Gasteiger partial charge in [0.1, 0.15) is 6.10 Å². The Morgan fingerprint density at radius 2 is 2.00 bits per heavy atom. The van der Waals surface area contributed by atoms with E-state index >= 15 is 0 Å². The fourth-order valence-corrected chi connectivity index (χ4v) is 1.57. The molecule has 0 radical (unpaired) electrons. The van der Waals surface area contributed by atoms with Gasteiger partial charge in [-0.3, -0.25) is 0 Å². The average Bonchev–Trinajstić information content (AvgIpc) is 2.07. The van der Waals surface area contributed by atoms with Crippen molar-refractivity contribution >= 4 is 0 Å². The summed E-state index contributed by atoms with van der Waals surface area (Å²) in [7, 11) is 0. The molecule has 3 atom stereocenters. The fraction of sp³-hybridized carbons (Fsp3) is 0.667. The van der Waals surface area contributed by atoms with E-state index in [9.17, 15) is 20.4 Å². The van der Waals surface area contributed by atoms with Crippen LogP contribution < -0.4 is 0 Å². The smallest absolute Gasteiger partial charge is 0.101 e. The molecule has 0 heterocycles. The van der Waals surface area contributed by atoms with Gasteiger partial charge < -0.3 is 20.4 Å². The zero-order chi connectivity index (χ0) is 12.6. The van der Waals surface area contributed by atoms with Crippen molar-refractivity contribution in [3.63, 3.8) is 0 Å². The Labute approximate surface area is 95.5 Å². The molecule has 0 amide bonds. The molecule has 92 valence electrons. The van der Waals surface area contributed by atoms with Crippen molar-refractivity contribution < 1.29 is 20.4 Å². The molecular formula is C12H20O4. The van der Waals surface area contributed by atoms with Gasteiger partial charge in [0.25, 0.3) is 0 Å². The Morgan fingerprint density at radius 1 is 1.44 bits per heavy atom. The Morgan fingerprint density at radius 3 is 2.50 bits per heavy atom. The lowest BCUT2D eigenvalue weighted by atomic mass is 9.82. The van der Waals surface area contributed by atoms with Crippen LogP contribution in [-0.2, 0) is 0 Å². The molecule has 0 fully saturated rings. The molecule has 4 nitrogen and oxygen atoms in total. The van der Waals surface area contributed by atoms with Gasteiger partial charge in [0, 0.05) is 6.42 Å². The molecule has 0 aromatic carbocycles. The number of aliphatic hydroxyl groups excluding tert-OH is 2. The van der Waals surface area contributed by atoms with E-state index in [-0.39, 0.29) is 6.42 Å². The van der Waals surface area contributed by atoms with Crippen LogP contribution in [-0.4, -0.2) is 43.8 Å². The molecule has 16 heavy (non-hydrogen) atoms. The van der Waals surface area contributed by atoms with E-state index in [1.54, 1.807) is 19.9 Å². The van der Waals surface area contributed by atoms with Crippen LogP contribution in [0.5, 0.6) is 0 Å². The largest absolute Gasteiger partial charge is 0.388 e. The SMILES string of the molecule is CC(C)(O)C=CC1=C[C@H](O)[C@](C)(O)C[C@@H]1O. The van der Waals surface area contributed by atoms with E-state index in [0.29, 0.717) is 5.57 Å². The van der Waals surface area contributed by atoms with Crippen molar-refractivity contribution in [1.29, 1.82) is 0 Å². The highest BCUT2D eigenvalue weighted by molar-refractivity contribution is 5.30. The van der Waals surface area contributed by atoms with Gasteiger partial charge in [-0.1, -0.05) is 12.2 Å². The summed E-state index contributed by atoms with van der Waals surface area (Å²) in [5.74, 6) is 0. The molecule has 0 aromatic rings. The van der Waals surface area contributed by atoms with Gasteiger partial charge in [-0.15, -0.1) is 0 Å². The first-order valence-electron chi connectivity index (χ1n) is 5.34. The lowest BCUT2D eigenvalue weighted by Crippen LogP contribution is -2.45. The summed E-state index contributed by atoms with van der Waals surface area (Å²) in [6.45, 7) is 4.71. The molecule has 1 aliphatic rings. The van der Waals surface area contributed by atoms with Crippen LogP contribution in [0.1, 0.15) is 27.2 Å². The number of hydrogen-bond donors (Lipinski definition) is 4. The molecule has 0 saturated carbocycles. The standard InChI is InChI=1S/C12H20O4/c1-11(2,15)5-4-8-6-10(14)12(3,16)7-9(8)13/h4-6,9-10,13-16H,7H2,1-3H3/t9-,10-,12+/m0/s1. The van der Waals surface area contributed by atoms with Gasteiger partial charge in [0.05, 0.1) is 17.3 Å². The van der Waals surface area contributed by atoms with E-state index in [2.05, 4.69) is 0 Å². The average molecular weight is 228 g/mol. The van der Waals surface area contributed by atoms with Crippen LogP contribution in [0.25, 0.3) is 0 Å². The molecule has 0 aromatic heterocycles. The van der Waals surface area contributed by atoms with Gasteiger partial charge >= 0.3 is 0 Å². The quantitative estimate of drug-likeness (QED) is 0.541. The van der Waals surface area contributed by atoms with Gasteiger partial charge in [0.2, 0.25) is 0 Å². The van der Waals surface area contributed by atoms with Gasteiger partial charge in [-0.05, 0) is 32.4 Å². The first-order chi connectivity index (χ1) is 7.12.